The van der Waals surface area contributed by atoms with Gasteiger partial charge in [-0.25, -0.2) is 0 Å². The molecule has 0 atom stereocenters. The zero-order valence-electron chi connectivity index (χ0n) is 32.0. The first-order valence-corrected chi connectivity index (χ1v) is 20.1. The molecule has 0 aromatic heterocycles. The van der Waals surface area contributed by atoms with Gasteiger partial charge in [0.1, 0.15) is 0 Å². The van der Waals surface area contributed by atoms with Gasteiger partial charge in [-0.1, -0.05) is 152 Å². The molecule has 1 aliphatic heterocycles. The fourth-order valence-electron chi connectivity index (χ4n) is 9.76. The number of ether oxygens (including phenoxy) is 2. The second kappa shape index (κ2) is 13.1. The Kier molecular flexibility index (Phi) is 7.41. The smallest absolute Gasteiger partial charge is 0.178 e. The van der Waals surface area contributed by atoms with Crippen molar-refractivity contribution in [2.24, 2.45) is 0 Å². The van der Waals surface area contributed by atoms with Gasteiger partial charge in [0, 0.05) is 40.4 Å². The van der Waals surface area contributed by atoms with Gasteiger partial charge in [0.05, 0.1) is 16.8 Å². The van der Waals surface area contributed by atoms with Crippen molar-refractivity contribution in [2.75, 3.05) is 9.80 Å². The average Bonchev–Trinajstić information content (AvgIpc) is 3.78. The third-order valence-corrected chi connectivity index (χ3v) is 12.1. The van der Waals surface area contributed by atoms with Crippen molar-refractivity contribution in [3.63, 3.8) is 0 Å². The van der Waals surface area contributed by atoms with E-state index < -0.39 is 5.41 Å². The van der Waals surface area contributed by atoms with Crippen molar-refractivity contribution in [2.45, 2.75) is 5.41 Å². The summed E-state index contributed by atoms with van der Waals surface area (Å²) in [6.07, 6.45) is 0. The molecule has 0 radical (unpaired) electrons. The number of rotatable bonds is 6. The Morgan fingerprint density at radius 1 is 0.305 bits per heavy atom. The number of anilines is 6. The molecule has 3 aliphatic rings. The summed E-state index contributed by atoms with van der Waals surface area (Å²) in [5, 5.41) is 0. The van der Waals surface area contributed by atoms with Crippen LogP contribution < -0.4 is 19.3 Å². The van der Waals surface area contributed by atoms with E-state index in [-0.39, 0.29) is 0 Å². The predicted molar refractivity (Wildman–Crippen MR) is 239 cm³/mol. The van der Waals surface area contributed by atoms with Gasteiger partial charge in [0.15, 0.2) is 23.0 Å². The third-order valence-electron chi connectivity index (χ3n) is 12.1. The van der Waals surface area contributed by atoms with Crippen LogP contribution in [0.4, 0.5) is 34.1 Å². The van der Waals surface area contributed by atoms with E-state index >= 15 is 0 Å². The highest BCUT2D eigenvalue weighted by Gasteiger charge is 2.53. The summed E-state index contributed by atoms with van der Waals surface area (Å²) in [6.45, 7) is 0. The van der Waals surface area contributed by atoms with E-state index in [1.807, 2.05) is 0 Å². The van der Waals surface area contributed by atoms with Crippen molar-refractivity contribution in [1.82, 2.24) is 0 Å². The van der Waals surface area contributed by atoms with Crippen molar-refractivity contribution < 1.29 is 9.47 Å². The van der Waals surface area contributed by atoms with Crippen LogP contribution in [0.1, 0.15) is 22.3 Å². The molecule has 1 heterocycles. The van der Waals surface area contributed by atoms with Gasteiger partial charge in [0.25, 0.3) is 0 Å². The normalized spacial score (nSPS) is 13.2. The second-order valence-electron chi connectivity index (χ2n) is 15.2. The van der Waals surface area contributed by atoms with Crippen LogP contribution in [0.2, 0.25) is 0 Å². The fourth-order valence-corrected chi connectivity index (χ4v) is 9.76. The Hall–Kier alpha value is -7.82. The molecule has 4 heteroatoms. The van der Waals surface area contributed by atoms with E-state index in [2.05, 4.69) is 228 Å². The first kappa shape index (κ1) is 33.3. The van der Waals surface area contributed by atoms with Crippen LogP contribution in [-0.4, -0.2) is 0 Å². The average molecular weight is 757 g/mol. The van der Waals surface area contributed by atoms with E-state index in [0.29, 0.717) is 17.2 Å². The molecule has 0 saturated heterocycles. The summed E-state index contributed by atoms with van der Waals surface area (Å²) in [4.78, 5) is 4.60. The SMILES string of the molecule is c1ccc(N(c2ccccc2)c2cc3c(cc2N(c2ccccc2)c2ccccc2)Oc2c(ccc4c2-c2ccccc2C42c4ccccc4-c4ccccc42)O3)cc1. The number of hydrogen-bond donors (Lipinski definition) is 0. The second-order valence-corrected chi connectivity index (χ2v) is 15.2. The highest BCUT2D eigenvalue weighted by molar-refractivity contribution is 5.99. The number of fused-ring (bicyclic) bond motifs is 13. The molecule has 0 N–H and O–H groups in total. The minimum absolute atomic E-state index is 0.490. The minimum atomic E-state index is -0.490. The lowest BCUT2D eigenvalue weighted by Gasteiger charge is -2.35. The topological polar surface area (TPSA) is 24.9 Å². The van der Waals surface area contributed by atoms with Crippen LogP contribution in [0.15, 0.2) is 218 Å². The molecule has 0 fully saturated rings. The third kappa shape index (κ3) is 4.90. The maximum absolute atomic E-state index is 7.29. The number of para-hydroxylation sites is 4. The van der Waals surface area contributed by atoms with Gasteiger partial charge in [-0.05, 0) is 93.5 Å². The largest absolute Gasteiger partial charge is 0.449 e. The Bertz CT molecular complexity index is 2930. The summed E-state index contributed by atoms with van der Waals surface area (Å²) in [6, 6.07) is 77.3. The zero-order valence-corrected chi connectivity index (χ0v) is 32.0. The number of nitrogens with zero attached hydrogens (tertiary/aromatic N) is 2. The first-order valence-electron chi connectivity index (χ1n) is 20.1. The van der Waals surface area contributed by atoms with Crippen LogP contribution in [0.25, 0.3) is 22.3 Å². The molecule has 0 bridgehead atoms. The van der Waals surface area contributed by atoms with Crippen molar-refractivity contribution in [3.05, 3.63) is 241 Å². The van der Waals surface area contributed by atoms with E-state index in [0.717, 1.165) is 51.0 Å². The molecule has 1 spiro atoms. The molecule has 4 nitrogen and oxygen atoms in total. The Balaban J connectivity index is 1.11. The van der Waals surface area contributed by atoms with E-state index in [1.54, 1.807) is 0 Å². The summed E-state index contributed by atoms with van der Waals surface area (Å²) >= 11 is 0. The summed E-state index contributed by atoms with van der Waals surface area (Å²) in [5.74, 6) is 2.71. The highest BCUT2D eigenvalue weighted by Crippen LogP contribution is 2.66. The van der Waals surface area contributed by atoms with Gasteiger partial charge in [0.2, 0.25) is 0 Å². The van der Waals surface area contributed by atoms with Gasteiger partial charge in [-0.2, -0.15) is 0 Å². The molecule has 12 rings (SSSR count). The standard InChI is InChI=1S/C55H36N2O2/c1-5-19-37(20-6-1)56(38-21-7-2-8-22-38)48-35-51-52(36-49(48)57(39-23-9-3-10-24-39)40-25-11-4-12-26-40)59-54-50(58-51)34-33-47-53(54)43-29-15-18-32-46(43)55(47)44-30-16-13-27-41(44)42-28-14-17-31-45(42)55/h1-36H. The monoisotopic (exact) mass is 756 g/mol. The van der Waals surface area contributed by atoms with E-state index in [1.165, 1.54) is 33.4 Å². The molecule has 9 aromatic carbocycles. The van der Waals surface area contributed by atoms with Crippen LogP contribution in [0, 0.1) is 0 Å². The molecular formula is C55H36N2O2. The van der Waals surface area contributed by atoms with Crippen molar-refractivity contribution >= 4 is 34.1 Å². The number of benzene rings is 9. The number of hydrogen-bond acceptors (Lipinski definition) is 4. The fraction of sp³-hybridized carbons (Fsp3) is 0.0182. The molecule has 0 unspecified atom stereocenters. The predicted octanol–water partition coefficient (Wildman–Crippen LogP) is 14.9. The molecule has 278 valence electrons. The Morgan fingerprint density at radius 2 is 0.678 bits per heavy atom. The molecule has 2 aliphatic carbocycles. The minimum Gasteiger partial charge on any atom is -0.449 e. The van der Waals surface area contributed by atoms with Gasteiger partial charge < -0.3 is 19.3 Å². The van der Waals surface area contributed by atoms with Crippen molar-refractivity contribution in [1.29, 1.82) is 0 Å². The molecule has 59 heavy (non-hydrogen) atoms. The van der Waals surface area contributed by atoms with E-state index in [4.69, 9.17) is 9.47 Å². The Labute approximate surface area is 343 Å². The summed E-state index contributed by atoms with van der Waals surface area (Å²) in [7, 11) is 0. The summed E-state index contributed by atoms with van der Waals surface area (Å²) in [5.41, 5.74) is 15.3. The van der Waals surface area contributed by atoms with Crippen LogP contribution in [0.3, 0.4) is 0 Å². The zero-order chi connectivity index (χ0) is 38.9. The van der Waals surface area contributed by atoms with Gasteiger partial charge in [-0.15, -0.1) is 0 Å². The molecule has 0 saturated carbocycles. The quantitative estimate of drug-likeness (QED) is 0.169. The van der Waals surface area contributed by atoms with Crippen molar-refractivity contribution in [3.8, 4) is 45.3 Å². The van der Waals surface area contributed by atoms with Crippen LogP contribution in [-0.2, 0) is 5.41 Å². The maximum Gasteiger partial charge on any atom is 0.178 e. The Morgan fingerprint density at radius 3 is 1.14 bits per heavy atom. The molecular weight excluding hydrogens is 721 g/mol. The van der Waals surface area contributed by atoms with Gasteiger partial charge in [-0.3, -0.25) is 0 Å². The van der Waals surface area contributed by atoms with Gasteiger partial charge >= 0.3 is 0 Å². The lowest BCUT2D eigenvalue weighted by molar-refractivity contribution is 0.360. The van der Waals surface area contributed by atoms with E-state index in [9.17, 15) is 0 Å². The first-order chi connectivity index (χ1) is 29.3. The maximum atomic E-state index is 7.29. The lowest BCUT2D eigenvalue weighted by Crippen LogP contribution is -2.25. The van der Waals surface area contributed by atoms with Crippen LogP contribution in [0.5, 0.6) is 23.0 Å². The lowest BCUT2D eigenvalue weighted by atomic mass is 9.70. The summed E-state index contributed by atoms with van der Waals surface area (Å²) < 4.78 is 14.3. The van der Waals surface area contributed by atoms with Crippen LogP contribution >= 0.6 is 0 Å². The molecule has 9 aromatic rings. The highest BCUT2D eigenvalue weighted by atomic mass is 16.6. The molecule has 0 amide bonds.